The molecule has 0 spiro atoms. The third-order valence-corrected chi connectivity index (χ3v) is 4.62. The van der Waals surface area contributed by atoms with Crippen LogP contribution in [0.4, 0.5) is 0 Å². The molecule has 0 aliphatic carbocycles. The molecule has 7 heteroatoms. The molecule has 3 rings (SSSR count). The van der Waals surface area contributed by atoms with Crippen molar-refractivity contribution in [1.29, 1.82) is 0 Å². The van der Waals surface area contributed by atoms with Crippen LogP contribution in [0.15, 0.2) is 12.3 Å². The minimum absolute atomic E-state index is 0.0249. The highest BCUT2D eigenvalue weighted by Gasteiger charge is 2.21. The van der Waals surface area contributed by atoms with Gasteiger partial charge in [-0.2, -0.15) is 15.2 Å². The van der Waals surface area contributed by atoms with Crippen LogP contribution in [0, 0.1) is 10.6 Å². The number of halogens is 1. The van der Waals surface area contributed by atoms with Gasteiger partial charge in [0.05, 0.1) is 6.10 Å². The summed E-state index contributed by atoms with van der Waals surface area (Å²) < 4.78 is 10.7. The van der Waals surface area contributed by atoms with E-state index in [1.165, 1.54) is 5.56 Å². The SMILES string of the molecule is Cc1c(C(C)C)c(I)nn1-c1cc2cn(C)nc2nc1OC(C)C. The number of fused-ring (bicyclic) bond motifs is 1. The molecule has 0 N–H and O–H groups in total. The Labute approximate surface area is 155 Å². The van der Waals surface area contributed by atoms with Crippen molar-refractivity contribution in [2.24, 2.45) is 7.05 Å². The summed E-state index contributed by atoms with van der Waals surface area (Å²) in [6.07, 6.45) is 1.98. The summed E-state index contributed by atoms with van der Waals surface area (Å²) in [7, 11) is 1.89. The molecule has 0 aliphatic rings. The third-order valence-electron chi connectivity index (χ3n) is 3.83. The van der Waals surface area contributed by atoms with Crippen molar-refractivity contribution < 1.29 is 4.74 Å². The number of ether oxygens (including phenoxy) is 1. The van der Waals surface area contributed by atoms with E-state index in [-0.39, 0.29) is 6.10 Å². The standard InChI is InChI=1S/C17H22IN5O/c1-9(2)14-11(5)23(20-15(14)18)13-7-12-8-22(6)21-16(12)19-17(13)24-10(3)4/h7-10H,1-6H3. The Bertz CT molecular complexity index is 894. The molecule has 3 aromatic rings. The number of pyridine rings is 1. The van der Waals surface area contributed by atoms with E-state index in [4.69, 9.17) is 9.84 Å². The molecular weight excluding hydrogens is 417 g/mol. The fraction of sp³-hybridized carbons (Fsp3) is 0.471. The van der Waals surface area contributed by atoms with Crippen molar-refractivity contribution >= 4 is 33.6 Å². The lowest BCUT2D eigenvalue weighted by atomic mass is 10.1. The van der Waals surface area contributed by atoms with Crippen molar-refractivity contribution in [2.75, 3.05) is 0 Å². The van der Waals surface area contributed by atoms with Crippen LogP contribution in [-0.4, -0.2) is 30.6 Å². The van der Waals surface area contributed by atoms with Gasteiger partial charge in [0, 0.05) is 29.9 Å². The van der Waals surface area contributed by atoms with Gasteiger partial charge in [-0.15, -0.1) is 0 Å². The molecule has 0 aliphatic heterocycles. The first-order chi connectivity index (χ1) is 11.3. The first kappa shape index (κ1) is 17.2. The summed E-state index contributed by atoms with van der Waals surface area (Å²) in [5.41, 5.74) is 3.91. The number of aromatic nitrogens is 5. The molecule has 6 nitrogen and oxygen atoms in total. The first-order valence-corrected chi connectivity index (χ1v) is 9.12. The zero-order chi connectivity index (χ0) is 17.6. The van der Waals surface area contributed by atoms with Crippen LogP contribution in [0.25, 0.3) is 16.7 Å². The van der Waals surface area contributed by atoms with Gasteiger partial charge in [-0.25, -0.2) is 4.68 Å². The molecule has 0 saturated heterocycles. The van der Waals surface area contributed by atoms with Crippen LogP contribution < -0.4 is 4.74 Å². The summed E-state index contributed by atoms with van der Waals surface area (Å²) in [6, 6.07) is 2.05. The van der Waals surface area contributed by atoms with Gasteiger partial charge in [0.1, 0.15) is 9.39 Å². The minimum Gasteiger partial charge on any atom is -0.473 e. The van der Waals surface area contributed by atoms with Crippen LogP contribution in [0.2, 0.25) is 0 Å². The smallest absolute Gasteiger partial charge is 0.242 e. The molecule has 3 heterocycles. The Morgan fingerprint density at radius 1 is 1.17 bits per heavy atom. The highest BCUT2D eigenvalue weighted by molar-refractivity contribution is 14.1. The van der Waals surface area contributed by atoms with Crippen LogP contribution in [0.5, 0.6) is 5.88 Å². The summed E-state index contributed by atoms with van der Waals surface area (Å²) in [5, 5.41) is 10.1. The third kappa shape index (κ3) is 3.01. The second-order valence-corrected chi connectivity index (χ2v) is 7.57. The van der Waals surface area contributed by atoms with E-state index in [0.717, 1.165) is 20.5 Å². The van der Waals surface area contributed by atoms with Crippen molar-refractivity contribution in [1.82, 2.24) is 24.5 Å². The van der Waals surface area contributed by atoms with Gasteiger partial charge in [0.2, 0.25) is 5.88 Å². The van der Waals surface area contributed by atoms with E-state index in [1.807, 2.05) is 37.8 Å². The molecule has 0 amide bonds. The molecule has 0 aromatic carbocycles. The Hall–Kier alpha value is -1.64. The van der Waals surface area contributed by atoms with Gasteiger partial charge in [-0.1, -0.05) is 13.8 Å². The second kappa shape index (κ2) is 6.34. The van der Waals surface area contributed by atoms with Gasteiger partial charge >= 0.3 is 0 Å². The van der Waals surface area contributed by atoms with Crippen molar-refractivity contribution in [3.8, 4) is 11.6 Å². The van der Waals surface area contributed by atoms with Gasteiger partial charge in [0.15, 0.2) is 5.65 Å². The number of hydrogen-bond donors (Lipinski definition) is 0. The number of nitrogens with zero attached hydrogens (tertiary/aromatic N) is 5. The Kier molecular flexibility index (Phi) is 4.54. The quantitative estimate of drug-likeness (QED) is 0.578. The zero-order valence-corrected chi connectivity index (χ0v) is 17.0. The first-order valence-electron chi connectivity index (χ1n) is 8.04. The maximum absolute atomic E-state index is 5.96. The summed E-state index contributed by atoms with van der Waals surface area (Å²) >= 11 is 2.30. The molecule has 3 aromatic heterocycles. The summed E-state index contributed by atoms with van der Waals surface area (Å²) in [6.45, 7) is 10.5. The molecule has 0 fully saturated rings. The van der Waals surface area contributed by atoms with E-state index in [0.29, 0.717) is 17.4 Å². The second-order valence-electron chi connectivity index (χ2n) is 6.55. The molecule has 0 bridgehead atoms. The number of hydrogen-bond acceptors (Lipinski definition) is 4. The van der Waals surface area contributed by atoms with Crippen LogP contribution in [0.1, 0.15) is 44.9 Å². The van der Waals surface area contributed by atoms with Crippen molar-refractivity contribution in [2.45, 2.75) is 46.6 Å². The van der Waals surface area contributed by atoms with Gasteiger partial charge in [-0.05, 0) is 55.3 Å². The Balaban J connectivity index is 2.25. The van der Waals surface area contributed by atoms with E-state index in [2.05, 4.69) is 53.4 Å². The highest BCUT2D eigenvalue weighted by Crippen LogP contribution is 2.31. The number of aryl methyl sites for hydroxylation is 1. The largest absolute Gasteiger partial charge is 0.473 e. The predicted octanol–water partition coefficient (Wildman–Crippen LogP) is 3.98. The normalized spacial score (nSPS) is 11.9. The molecule has 0 radical (unpaired) electrons. The summed E-state index contributed by atoms with van der Waals surface area (Å²) in [5.74, 6) is 0.976. The topological polar surface area (TPSA) is 57.8 Å². The number of rotatable bonds is 4. The van der Waals surface area contributed by atoms with Gasteiger partial charge in [-0.3, -0.25) is 4.68 Å². The fourth-order valence-corrected chi connectivity index (χ4v) is 4.11. The lowest BCUT2D eigenvalue weighted by Crippen LogP contribution is -2.11. The average molecular weight is 439 g/mol. The molecule has 24 heavy (non-hydrogen) atoms. The van der Waals surface area contributed by atoms with E-state index >= 15 is 0 Å². The monoisotopic (exact) mass is 439 g/mol. The van der Waals surface area contributed by atoms with Crippen LogP contribution in [-0.2, 0) is 7.05 Å². The highest BCUT2D eigenvalue weighted by atomic mass is 127. The molecule has 0 saturated carbocycles. The van der Waals surface area contributed by atoms with Gasteiger partial charge < -0.3 is 4.74 Å². The Morgan fingerprint density at radius 3 is 2.46 bits per heavy atom. The van der Waals surface area contributed by atoms with Crippen LogP contribution >= 0.6 is 22.6 Å². The lowest BCUT2D eigenvalue weighted by Gasteiger charge is -2.14. The lowest BCUT2D eigenvalue weighted by molar-refractivity contribution is 0.232. The fourth-order valence-electron chi connectivity index (χ4n) is 2.88. The molecule has 128 valence electrons. The molecule has 0 unspecified atom stereocenters. The van der Waals surface area contributed by atoms with Crippen molar-refractivity contribution in [3.05, 3.63) is 27.2 Å². The van der Waals surface area contributed by atoms with Gasteiger partial charge in [0.25, 0.3) is 0 Å². The zero-order valence-electron chi connectivity index (χ0n) is 14.8. The summed E-state index contributed by atoms with van der Waals surface area (Å²) in [4.78, 5) is 4.62. The van der Waals surface area contributed by atoms with Crippen LogP contribution in [0.3, 0.4) is 0 Å². The Morgan fingerprint density at radius 2 is 1.88 bits per heavy atom. The van der Waals surface area contributed by atoms with E-state index in [9.17, 15) is 0 Å². The van der Waals surface area contributed by atoms with E-state index in [1.54, 1.807) is 4.68 Å². The molecule has 0 atom stereocenters. The maximum Gasteiger partial charge on any atom is 0.242 e. The predicted molar refractivity (Wildman–Crippen MR) is 103 cm³/mol. The molecular formula is C17H22IN5O. The maximum atomic E-state index is 5.96. The minimum atomic E-state index is 0.0249. The van der Waals surface area contributed by atoms with E-state index < -0.39 is 0 Å². The van der Waals surface area contributed by atoms with Crippen molar-refractivity contribution in [3.63, 3.8) is 0 Å². The average Bonchev–Trinajstić information content (AvgIpc) is 2.95.